The van der Waals surface area contributed by atoms with Gasteiger partial charge in [-0.1, -0.05) is 42.5 Å². The van der Waals surface area contributed by atoms with Crippen molar-refractivity contribution in [2.45, 2.75) is 38.8 Å². The Kier molecular flexibility index (Phi) is 5.28. The summed E-state index contributed by atoms with van der Waals surface area (Å²) < 4.78 is 0. The first kappa shape index (κ1) is 19.1. The third-order valence-corrected chi connectivity index (χ3v) is 5.48. The Morgan fingerprint density at radius 3 is 2.55 bits per heavy atom. The van der Waals surface area contributed by atoms with E-state index in [-0.39, 0.29) is 0 Å². The molecule has 0 aliphatic carbocycles. The van der Waals surface area contributed by atoms with Crippen LogP contribution in [-0.4, -0.2) is 21.4 Å². The predicted octanol–water partition coefficient (Wildman–Crippen LogP) is 4.58. The lowest BCUT2D eigenvalue weighted by Gasteiger charge is -2.29. The summed E-state index contributed by atoms with van der Waals surface area (Å²) in [5.74, 6) is 0.861. The number of hydrogen-bond acceptors (Lipinski definition) is 5. The summed E-state index contributed by atoms with van der Waals surface area (Å²) in [6.07, 6.45) is 2.57. The molecule has 0 unspecified atom stereocenters. The van der Waals surface area contributed by atoms with E-state index in [9.17, 15) is 5.26 Å². The third-order valence-electron chi connectivity index (χ3n) is 5.48. The average Bonchev–Trinajstić information content (AvgIpc) is 2.75. The maximum Gasteiger partial charge on any atom is 0.138 e. The molecule has 4 rings (SSSR count). The first-order chi connectivity index (χ1) is 14.0. The van der Waals surface area contributed by atoms with Crippen LogP contribution in [0.4, 0.5) is 11.5 Å². The Hall–Kier alpha value is -3.23. The van der Waals surface area contributed by atoms with Crippen molar-refractivity contribution in [3.8, 4) is 6.07 Å². The van der Waals surface area contributed by atoms with Crippen LogP contribution in [0, 0.1) is 11.3 Å². The Balaban J connectivity index is 1.52. The second-order valence-corrected chi connectivity index (χ2v) is 8.03. The SMILES string of the molecule is CC(C)(C#N)c1ccc(Nc2ncnc3c2CN(Cc2ccccc2)CC3)cc1. The van der Waals surface area contributed by atoms with Crippen molar-refractivity contribution in [2.75, 3.05) is 11.9 Å². The molecule has 2 aromatic carbocycles. The van der Waals surface area contributed by atoms with Gasteiger partial charge in [0.1, 0.15) is 12.1 Å². The van der Waals surface area contributed by atoms with Crippen LogP contribution in [0.1, 0.15) is 36.2 Å². The van der Waals surface area contributed by atoms with Gasteiger partial charge < -0.3 is 5.32 Å². The minimum absolute atomic E-state index is 0.495. The van der Waals surface area contributed by atoms with Gasteiger partial charge in [-0.2, -0.15) is 5.26 Å². The van der Waals surface area contributed by atoms with Crippen LogP contribution in [0.2, 0.25) is 0 Å². The Labute approximate surface area is 172 Å². The van der Waals surface area contributed by atoms with Gasteiger partial charge in [0, 0.05) is 37.3 Å². The van der Waals surface area contributed by atoms with Crippen LogP contribution in [0.3, 0.4) is 0 Å². The number of nitriles is 1. The van der Waals surface area contributed by atoms with E-state index in [0.29, 0.717) is 0 Å². The molecule has 3 aromatic rings. The molecule has 0 fully saturated rings. The fourth-order valence-corrected chi connectivity index (χ4v) is 3.65. The van der Waals surface area contributed by atoms with Gasteiger partial charge in [0.05, 0.1) is 17.2 Å². The summed E-state index contributed by atoms with van der Waals surface area (Å²) >= 11 is 0. The van der Waals surface area contributed by atoms with Crippen LogP contribution in [-0.2, 0) is 24.9 Å². The maximum atomic E-state index is 9.33. The van der Waals surface area contributed by atoms with E-state index in [0.717, 1.165) is 54.4 Å². The molecule has 0 atom stereocenters. The first-order valence-corrected chi connectivity index (χ1v) is 9.93. The van der Waals surface area contributed by atoms with E-state index in [4.69, 9.17) is 0 Å². The average molecular weight is 383 g/mol. The third kappa shape index (κ3) is 4.28. The van der Waals surface area contributed by atoms with Gasteiger partial charge in [-0.3, -0.25) is 4.90 Å². The van der Waals surface area contributed by atoms with Crippen molar-refractivity contribution in [3.05, 3.63) is 83.3 Å². The molecule has 0 radical (unpaired) electrons. The Morgan fingerprint density at radius 1 is 1.07 bits per heavy atom. The normalized spacial score (nSPS) is 14.1. The minimum Gasteiger partial charge on any atom is -0.340 e. The van der Waals surface area contributed by atoms with Gasteiger partial charge in [0.25, 0.3) is 0 Å². The van der Waals surface area contributed by atoms with Gasteiger partial charge in [-0.05, 0) is 37.1 Å². The van der Waals surface area contributed by atoms with E-state index in [1.165, 1.54) is 5.56 Å². The molecule has 0 saturated carbocycles. The van der Waals surface area contributed by atoms with Crippen LogP contribution < -0.4 is 5.32 Å². The van der Waals surface area contributed by atoms with Gasteiger partial charge in [-0.15, -0.1) is 0 Å². The highest BCUT2D eigenvalue weighted by molar-refractivity contribution is 5.61. The van der Waals surface area contributed by atoms with Gasteiger partial charge >= 0.3 is 0 Å². The highest BCUT2D eigenvalue weighted by Crippen LogP contribution is 2.28. The number of anilines is 2. The molecule has 0 amide bonds. The molecule has 2 heterocycles. The molecule has 5 nitrogen and oxygen atoms in total. The molecule has 1 N–H and O–H groups in total. The van der Waals surface area contributed by atoms with Crippen molar-refractivity contribution < 1.29 is 0 Å². The fourth-order valence-electron chi connectivity index (χ4n) is 3.65. The van der Waals surface area contributed by atoms with Gasteiger partial charge in [0.2, 0.25) is 0 Å². The molecule has 146 valence electrons. The summed E-state index contributed by atoms with van der Waals surface area (Å²) in [6, 6.07) is 20.9. The van der Waals surface area contributed by atoms with Crippen LogP contribution >= 0.6 is 0 Å². The van der Waals surface area contributed by atoms with Gasteiger partial charge in [0.15, 0.2) is 0 Å². The summed E-state index contributed by atoms with van der Waals surface area (Å²) in [5.41, 5.74) is 5.07. The summed E-state index contributed by atoms with van der Waals surface area (Å²) in [6.45, 7) is 6.60. The molecule has 0 bridgehead atoms. The Morgan fingerprint density at radius 2 is 1.83 bits per heavy atom. The molecular weight excluding hydrogens is 358 g/mol. The number of rotatable bonds is 5. The summed E-state index contributed by atoms with van der Waals surface area (Å²) in [4.78, 5) is 11.5. The molecule has 0 spiro atoms. The standard InChI is InChI=1S/C24H25N5/c1-24(2,16-25)19-8-10-20(11-9-19)28-23-21-15-29(13-12-22(21)26-17-27-23)14-18-6-4-3-5-7-18/h3-11,17H,12-15H2,1-2H3,(H,26,27,28). The molecule has 29 heavy (non-hydrogen) atoms. The van der Waals surface area contributed by atoms with E-state index in [2.05, 4.69) is 50.5 Å². The lowest BCUT2D eigenvalue weighted by atomic mass is 9.86. The van der Waals surface area contributed by atoms with E-state index >= 15 is 0 Å². The van der Waals surface area contributed by atoms with E-state index < -0.39 is 5.41 Å². The predicted molar refractivity (Wildman–Crippen MR) is 115 cm³/mol. The van der Waals surface area contributed by atoms with Crippen molar-refractivity contribution in [2.24, 2.45) is 0 Å². The number of nitrogens with one attached hydrogen (secondary N) is 1. The van der Waals surface area contributed by atoms with Crippen molar-refractivity contribution in [3.63, 3.8) is 0 Å². The molecule has 1 aliphatic rings. The van der Waals surface area contributed by atoms with Crippen LogP contribution in [0.15, 0.2) is 60.9 Å². The second kappa shape index (κ2) is 8.02. The van der Waals surface area contributed by atoms with Crippen LogP contribution in [0.25, 0.3) is 0 Å². The van der Waals surface area contributed by atoms with Crippen LogP contribution in [0.5, 0.6) is 0 Å². The van der Waals surface area contributed by atoms with E-state index in [1.807, 2.05) is 44.2 Å². The smallest absolute Gasteiger partial charge is 0.138 e. The zero-order chi connectivity index (χ0) is 20.3. The summed E-state index contributed by atoms with van der Waals surface area (Å²) in [7, 11) is 0. The quantitative estimate of drug-likeness (QED) is 0.699. The number of hydrogen-bond donors (Lipinski definition) is 1. The molecular formula is C24H25N5. The molecule has 0 saturated heterocycles. The lowest BCUT2D eigenvalue weighted by molar-refractivity contribution is 0.243. The van der Waals surface area contributed by atoms with Crippen molar-refractivity contribution >= 4 is 11.5 Å². The lowest BCUT2D eigenvalue weighted by Crippen LogP contribution is -2.31. The second-order valence-electron chi connectivity index (χ2n) is 8.03. The number of aromatic nitrogens is 2. The molecule has 5 heteroatoms. The topological polar surface area (TPSA) is 64.8 Å². The maximum absolute atomic E-state index is 9.33. The summed E-state index contributed by atoms with van der Waals surface area (Å²) in [5, 5.41) is 12.8. The molecule has 1 aromatic heterocycles. The Bertz CT molecular complexity index is 1020. The fraction of sp³-hybridized carbons (Fsp3) is 0.292. The van der Waals surface area contributed by atoms with Gasteiger partial charge in [-0.25, -0.2) is 9.97 Å². The number of fused-ring (bicyclic) bond motifs is 1. The largest absolute Gasteiger partial charge is 0.340 e. The minimum atomic E-state index is -0.495. The zero-order valence-electron chi connectivity index (χ0n) is 16.9. The van der Waals surface area contributed by atoms with Crippen molar-refractivity contribution in [1.82, 2.24) is 14.9 Å². The monoisotopic (exact) mass is 383 g/mol. The molecule has 1 aliphatic heterocycles. The van der Waals surface area contributed by atoms with E-state index in [1.54, 1.807) is 6.33 Å². The number of nitrogens with zero attached hydrogens (tertiary/aromatic N) is 4. The first-order valence-electron chi connectivity index (χ1n) is 9.93. The highest BCUT2D eigenvalue weighted by atomic mass is 15.1. The van der Waals surface area contributed by atoms with Crippen molar-refractivity contribution in [1.29, 1.82) is 5.26 Å². The zero-order valence-corrected chi connectivity index (χ0v) is 16.9. The highest BCUT2D eigenvalue weighted by Gasteiger charge is 2.22. The number of benzene rings is 2.